The van der Waals surface area contributed by atoms with Crippen molar-refractivity contribution >= 4 is 0 Å². The maximum atomic E-state index is 9.96. The van der Waals surface area contributed by atoms with Crippen LogP contribution < -0.4 is 5.32 Å². The molecule has 0 aromatic rings. The van der Waals surface area contributed by atoms with Crippen LogP contribution in [0, 0.1) is 0 Å². The fraction of sp³-hybridized carbons (Fsp3) is 1.00. The molecule has 0 radical (unpaired) electrons. The molecule has 1 unspecified atom stereocenters. The normalized spacial score (nSPS) is 29.2. The maximum absolute atomic E-state index is 9.96. The number of nitrogens with one attached hydrogen (secondary N) is 1. The molecule has 1 saturated heterocycles. The van der Waals surface area contributed by atoms with Gasteiger partial charge in [0, 0.05) is 25.2 Å². The van der Waals surface area contributed by atoms with E-state index in [0.29, 0.717) is 12.1 Å². The first kappa shape index (κ1) is 13.9. The quantitative estimate of drug-likeness (QED) is 0.678. The number of β-amino-alcohol motifs (C(OH)–C–C–N with tert-alkyl or cyclic N) is 1. The molecule has 1 rings (SSSR count). The van der Waals surface area contributed by atoms with E-state index in [0.717, 1.165) is 26.1 Å². The highest BCUT2D eigenvalue weighted by molar-refractivity contribution is 4.81. The van der Waals surface area contributed by atoms with Crippen molar-refractivity contribution < 1.29 is 5.11 Å². The van der Waals surface area contributed by atoms with E-state index >= 15 is 0 Å². The van der Waals surface area contributed by atoms with Gasteiger partial charge in [-0.1, -0.05) is 13.3 Å². The van der Waals surface area contributed by atoms with Gasteiger partial charge in [0.15, 0.2) is 0 Å². The molecular formula is C13H28N2O. The summed E-state index contributed by atoms with van der Waals surface area (Å²) in [6.07, 6.45) is 4.79. The van der Waals surface area contributed by atoms with E-state index in [1.807, 2.05) is 0 Å². The molecule has 3 atom stereocenters. The monoisotopic (exact) mass is 228 g/mol. The van der Waals surface area contributed by atoms with Crippen molar-refractivity contribution in [1.29, 1.82) is 0 Å². The van der Waals surface area contributed by atoms with Gasteiger partial charge in [0.25, 0.3) is 0 Å². The van der Waals surface area contributed by atoms with Gasteiger partial charge in [0.2, 0.25) is 0 Å². The van der Waals surface area contributed by atoms with Crippen LogP contribution >= 0.6 is 0 Å². The fourth-order valence-electron chi connectivity index (χ4n) is 2.59. The Labute approximate surface area is 100 Å². The van der Waals surface area contributed by atoms with E-state index in [2.05, 4.69) is 31.0 Å². The molecule has 0 amide bonds. The van der Waals surface area contributed by atoms with Gasteiger partial charge in [0.05, 0.1) is 6.10 Å². The van der Waals surface area contributed by atoms with Gasteiger partial charge >= 0.3 is 0 Å². The van der Waals surface area contributed by atoms with Crippen LogP contribution in [0.1, 0.15) is 46.5 Å². The zero-order chi connectivity index (χ0) is 12.0. The van der Waals surface area contributed by atoms with Crippen LogP contribution in [0.25, 0.3) is 0 Å². The predicted molar refractivity (Wildman–Crippen MR) is 68.6 cm³/mol. The summed E-state index contributed by atoms with van der Waals surface area (Å²) in [6, 6.07) is 1.26. The van der Waals surface area contributed by atoms with E-state index in [4.69, 9.17) is 0 Å². The molecule has 3 nitrogen and oxygen atoms in total. The second-order valence-corrected chi connectivity index (χ2v) is 5.18. The minimum atomic E-state index is -0.227. The van der Waals surface area contributed by atoms with Crippen molar-refractivity contribution in [3.05, 3.63) is 0 Å². The molecule has 0 aromatic heterocycles. The lowest BCUT2D eigenvalue weighted by Gasteiger charge is -2.40. The van der Waals surface area contributed by atoms with Crippen molar-refractivity contribution in [2.24, 2.45) is 0 Å². The molecule has 96 valence electrons. The highest BCUT2D eigenvalue weighted by Gasteiger charge is 2.25. The highest BCUT2D eigenvalue weighted by atomic mass is 16.3. The van der Waals surface area contributed by atoms with E-state index < -0.39 is 0 Å². The van der Waals surface area contributed by atoms with Gasteiger partial charge in [-0.3, -0.25) is 4.90 Å². The standard InChI is InChI=1S/C13H28N2O/c1-4-8-14-9-13(16)10-15-11(2)6-5-7-12(15)3/h11-14,16H,4-10H2,1-3H3/t11-,12+,13?. The first-order chi connectivity index (χ1) is 7.65. The molecule has 0 aliphatic carbocycles. The number of hydrogen-bond acceptors (Lipinski definition) is 3. The first-order valence-corrected chi connectivity index (χ1v) is 6.79. The number of aliphatic hydroxyl groups is 1. The van der Waals surface area contributed by atoms with Crippen LogP contribution in [0.15, 0.2) is 0 Å². The van der Waals surface area contributed by atoms with E-state index in [1.54, 1.807) is 0 Å². The zero-order valence-electron chi connectivity index (χ0n) is 11.1. The second kappa shape index (κ2) is 7.25. The number of aliphatic hydroxyl groups excluding tert-OH is 1. The Kier molecular flexibility index (Phi) is 6.32. The lowest BCUT2D eigenvalue weighted by molar-refractivity contribution is 0.0419. The molecule has 1 aliphatic heterocycles. The molecule has 1 fully saturated rings. The summed E-state index contributed by atoms with van der Waals surface area (Å²) < 4.78 is 0. The maximum Gasteiger partial charge on any atom is 0.0791 e. The van der Waals surface area contributed by atoms with E-state index in [-0.39, 0.29) is 6.10 Å². The minimum absolute atomic E-state index is 0.227. The average Bonchev–Trinajstić information content (AvgIpc) is 2.24. The highest BCUT2D eigenvalue weighted by Crippen LogP contribution is 2.22. The molecule has 0 aromatic carbocycles. The Morgan fingerprint density at radius 3 is 2.50 bits per heavy atom. The SMILES string of the molecule is CCCNCC(O)CN1[C@H](C)CCC[C@@H]1C. The van der Waals surface area contributed by atoms with E-state index in [9.17, 15) is 5.11 Å². The molecule has 1 heterocycles. The number of likely N-dealkylation sites (tertiary alicyclic amines) is 1. The zero-order valence-corrected chi connectivity index (χ0v) is 11.1. The van der Waals surface area contributed by atoms with Crippen LogP contribution in [0.2, 0.25) is 0 Å². The Balaban J connectivity index is 2.27. The lowest BCUT2D eigenvalue weighted by Crippen LogP contribution is -2.49. The summed E-state index contributed by atoms with van der Waals surface area (Å²) in [7, 11) is 0. The van der Waals surface area contributed by atoms with Gasteiger partial charge in [-0.25, -0.2) is 0 Å². The van der Waals surface area contributed by atoms with Gasteiger partial charge < -0.3 is 10.4 Å². The number of nitrogens with zero attached hydrogens (tertiary/aromatic N) is 1. The van der Waals surface area contributed by atoms with Gasteiger partial charge in [-0.05, 0) is 39.7 Å². The smallest absolute Gasteiger partial charge is 0.0791 e. The van der Waals surface area contributed by atoms with Crippen molar-refractivity contribution in [1.82, 2.24) is 10.2 Å². The van der Waals surface area contributed by atoms with Crippen LogP contribution in [0.3, 0.4) is 0 Å². The summed E-state index contributed by atoms with van der Waals surface area (Å²) >= 11 is 0. The summed E-state index contributed by atoms with van der Waals surface area (Å²) in [5.41, 5.74) is 0. The van der Waals surface area contributed by atoms with Crippen molar-refractivity contribution in [2.75, 3.05) is 19.6 Å². The van der Waals surface area contributed by atoms with Crippen LogP contribution in [-0.2, 0) is 0 Å². The molecule has 0 spiro atoms. The third-order valence-corrected chi connectivity index (χ3v) is 3.60. The molecule has 0 bridgehead atoms. The van der Waals surface area contributed by atoms with Crippen LogP contribution in [0.5, 0.6) is 0 Å². The van der Waals surface area contributed by atoms with Gasteiger partial charge in [0.1, 0.15) is 0 Å². The Morgan fingerprint density at radius 2 is 1.94 bits per heavy atom. The minimum Gasteiger partial charge on any atom is -0.390 e. The van der Waals surface area contributed by atoms with Gasteiger partial charge in [-0.2, -0.15) is 0 Å². The first-order valence-electron chi connectivity index (χ1n) is 6.79. The Morgan fingerprint density at radius 1 is 1.31 bits per heavy atom. The third kappa shape index (κ3) is 4.40. The second-order valence-electron chi connectivity index (χ2n) is 5.18. The Hall–Kier alpha value is -0.120. The van der Waals surface area contributed by atoms with Crippen molar-refractivity contribution in [3.63, 3.8) is 0 Å². The van der Waals surface area contributed by atoms with E-state index in [1.165, 1.54) is 19.3 Å². The summed E-state index contributed by atoms with van der Waals surface area (Å²) in [4.78, 5) is 2.46. The van der Waals surface area contributed by atoms with Gasteiger partial charge in [-0.15, -0.1) is 0 Å². The summed E-state index contributed by atoms with van der Waals surface area (Å²) in [5, 5.41) is 13.2. The molecule has 0 saturated carbocycles. The van der Waals surface area contributed by atoms with Crippen molar-refractivity contribution in [3.8, 4) is 0 Å². The number of piperidine rings is 1. The molecule has 2 N–H and O–H groups in total. The number of hydrogen-bond donors (Lipinski definition) is 2. The predicted octanol–water partition coefficient (Wildman–Crippen LogP) is 1.61. The fourth-order valence-corrected chi connectivity index (χ4v) is 2.59. The third-order valence-electron chi connectivity index (χ3n) is 3.60. The van der Waals surface area contributed by atoms with Crippen LogP contribution in [-0.4, -0.2) is 47.8 Å². The molecular weight excluding hydrogens is 200 g/mol. The lowest BCUT2D eigenvalue weighted by atomic mass is 9.97. The summed E-state index contributed by atoms with van der Waals surface area (Å²) in [6.45, 7) is 9.25. The number of rotatable bonds is 6. The largest absolute Gasteiger partial charge is 0.390 e. The van der Waals surface area contributed by atoms with Crippen molar-refractivity contribution in [2.45, 2.75) is 64.6 Å². The molecule has 1 aliphatic rings. The Bertz CT molecular complexity index is 177. The van der Waals surface area contributed by atoms with Crippen LogP contribution in [0.4, 0.5) is 0 Å². The molecule has 3 heteroatoms. The molecule has 16 heavy (non-hydrogen) atoms. The summed E-state index contributed by atoms with van der Waals surface area (Å²) in [5.74, 6) is 0. The average molecular weight is 228 g/mol. The topological polar surface area (TPSA) is 35.5 Å².